The normalized spacial score (nSPS) is 15.8. The van der Waals surface area contributed by atoms with Crippen LogP contribution < -0.4 is 21.6 Å². The molecule has 2 saturated carbocycles. The van der Waals surface area contributed by atoms with Crippen molar-refractivity contribution in [2.24, 2.45) is 29.7 Å². The Bertz CT molecular complexity index is 1330. The minimum Gasteiger partial charge on any atom is -0.388 e. The third-order valence-corrected chi connectivity index (χ3v) is 7.42. The van der Waals surface area contributed by atoms with Gasteiger partial charge in [-0.15, -0.1) is 0 Å². The molecule has 0 saturated heterocycles. The van der Waals surface area contributed by atoms with Gasteiger partial charge in [-0.05, 0) is 75.1 Å². The maximum absolute atomic E-state index is 13.5. The maximum atomic E-state index is 13.5. The number of nitrogens with one attached hydrogen (secondary N) is 1. The van der Waals surface area contributed by atoms with Gasteiger partial charge in [0.2, 0.25) is 0 Å². The van der Waals surface area contributed by atoms with Gasteiger partial charge in [-0.2, -0.15) is 10.2 Å². The number of pyridine rings is 1. The molecule has 1 aromatic carbocycles. The van der Waals surface area contributed by atoms with Crippen molar-refractivity contribution in [1.29, 1.82) is 0 Å². The quantitative estimate of drug-likeness (QED) is 0.289. The first-order valence-corrected chi connectivity index (χ1v) is 12.4. The van der Waals surface area contributed by atoms with Crippen LogP contribution in [0.25, 0.3) is 22.5 Å². The number of hydrogen-bond donors (Lipinski definition) is 2. The zero-order chi connectivity index (χ0) is 24.9. The van der Waals surface area contributed by atoms with E-state index in [0.717, 1.165) is 28.2 Å². The van der Waals surface area contributed by atoms with Gasteiger partial charge < -0.3 is 15.2 Å². The van der Waals surface area contributed by atoms with Crippen molar-refractivity contribution in [3.8, 4) is 22.5 Å². The number of hydrogen-bond acceptors (Lipinski definition) is 5. The van der Waals surface area contributed by atoms with E-state index in [2.05, 4.69) is 46.6 Å². The van der Waals surface area contributed by atoms with E-state index < -0.39 is 0 Å². The van der Waals surface area contributed by atoms with Crippen molar-refractivity contribution in [2.45, 2.75) is 45.6 Å². The number of hydrazone groups is 1. The highest BCUT2D eigenvalue weighted by atomic mass is 16.1. The van der Waals surface area contributed by atoms with Gasteiger partial charge in [-0.25, -0.2) is 0 Å². The van der Waals surface area contributed by atoms with Crippen molar-refractivity contribution in [1.82, 2.24) is 14.3 Å². The van der Waals surface area contributed by atoms with E-state index >= 15 is 0 Å². The SMILES string of the molecule is Cc1ccc(N(C)C)cc1-c1cc(-c2cn(C(C3CC3)C3CC3)c(=O)c(C)c2N/N=C/N)nn1C. The largest absolute Gasteiger partial charge is 0.388 e. The Balaban J connectivity index is 1.67. The maximum Gasteiger partial charge on any atom is 0.255 e. The molecule has 35 heavy (non-hydrogen) atoms. The summed E-state index contributed by atoms with van der Waals surface area (Å²) in [4.78, 5) is 15.6. The summed E-state index contributed by atoms with van der Waals surface area (Å²) in [6.45, 7) is 3.98. The third-order valence-electron chi connectivity index (χ3n) is 7.42. The Kier molecular flexibility index (Phi) is 5.91. The summed E-state index contributed by atoms with van der Waals surface area (Å²) in [5.74, 6) is 1.20. The van der Waals surface area contributed by atoms with Crippen molar-refractivity contribution in [2.75, 3.05) is 24.4 Å². The average molecular weight is 474 g/mol. The minimum atomic E-state index is 0.0398. The molecule has 8 heteroatoms. The lowest BCUT2D eigenvalue weighted by molar-refractivity contribution is 0.384. The first-order chi connectivity index (χ1) is 16.8. The number of anilines is 2. The molecule has 2 fully saturated rings. The van der Waals surface area contributed by atoms with Crippen LogP contribution in [0.2, 0.25) is 0 Å². The van der Waals surface area contributed by atoms with Crippen LogP contribution in [0.1, 0.15) is 42.9 Å². The number of nitrogens with zero attached hydrogens (tertiary/aromatic N) is 5. The Morgan fingerprint density at radius 3 is 2.43 bits per heavy atom. The first kappa shape index (κ1) is 23.2. The zero-order valence-electron chi connectivity index (χ0n) is 21.2. The predicted octanol–water partition coefficient (Wildman–Crippen LogP) is 4.27. The summed E-state index contributed by atoms with van der Waals surface area (Å²) in [6.07, 6.45) is 8.01. The van der Waals surface area contributed by atoms with Crippen LogP contribution in [0.4, 0.5) is 11.4 Å². The molecule has 0 radical (unpaired) electrons. The first-order valence-electron chi connectivity index (χ1n) is 12.4. The van der Waals surface area contributed by atoms with Gasteiger partial charge in [0, 0.05) is 55.8 Å². The minimum absolute atomic E-state index is 0.0398. The average Bonchev–Trinajstić information content (AvgIpc) is 3.76. The van der Waals surface area contributed by atoms with Crippen molar-refractivity contribution in [3.63, 3.8) is 0 Å². The molecule has 0 atom stereocenters. The summed E-state index contributed by atoms with van der Waals surface area (Å²) in [7, 11) is 6.05. The van der Waals surface area contributed by atoms with E-state index in [1.54, 1.807) is 0 Å². The smallest absolute Gasteiger partial charge is 0.255 e. The molecule has 0 aliphatic heterocycles. The van der Waals surface area contributed by atoms with Gasteiger partial charge in [0.1, 0.15) is 6.34 Å². The van der Waals surface area contributed by atoms with Gasteiger partial charge in [0.15, 0.2) is 0 Å². The molecule has 184 valence electrons. The highest BCUT2D eigenvalue weighted by Crippen LogP contribution is 2.52. The van der Waals surface area contributed by atoms with E-state index in [1.807, 2.05) is 43.5 Å². The molecule has 5 rings (SSSR count). The predicted molar refractivity (Wildman–Crippen MR) is 143 cm³/mol. The standard InChI is InChI=1S/C27H35N7O/c1-16-6-11-20(32(3)4)12-21(16)24-13-23(31-33(24)5)22-14-34(26(18-7-8-18)19-9-10-19)27(35)17(2)25(22)30-29-15-28/h6,11-15,18-19,26,30H,7-10H2,1-5H3,(H2,28,29). The summed E-state index contributed by atoms with van der Waals surface area (Å²) in [5, 5.41) is 8.95. The Morgan fingerprint density at radius 2 is 1.83 bits per heavy atom. The van der Waals surface area contributed by atoms with Crippen LogP contribution in [0.5, 0.6) is 0 Å². The molecular formula is C27H35N7O. The second-order valence-corrected chi connectivity index (χ2v) is 10.2. The molecule has 0 unspecified atom stereocenters. The lowest BCUT2D eigenvalue weighted by atomic mass is 10.0. The third kappa shape index (κ3) is 4.33. The molecule has 0 amide bonds. The van der Waals surface area contributed by atoms with Crippen molar-refractivity contribution >= 4 is 17.7 Å². The number of rotatable bonds is 8. The number of nitrogens with two attached hydrogens (primary N) is 1. The second kappa shape index (κ2) is 8.91. The van der Waals surface area contributed by atoms with Crippen LogP contribution in [0, 0.1) is 25.7 Å². The van der Waals surface area contributed by atoms with Gasteiger partial charge in [0.05, 0.1) is 17.1 Å². The van der Waals surface area contributed by atoms with Crippen LogP contribution in [0.3, 0.4) is 0 Å². The molecule has 2 heterocycles. The molecule has 0 bridgehead atoms. The van der Waals surface area contributed by atoms with Gasteiger partial charge in [-0.3, -0.25) is 14.9 Å². The summed E-state index contributed by atoms with van der Waals surface area (Å²) < 4.78 is 3.90. The lowest BCUT2D eigenvalue weighted by Gasteiger charge is -2.22. The fraction of sp³-hybridized carbons (Fsp3) is 0.444. The summed E-state index contributed by atoms with van der Waals surface area (Å²) in [5.41, 5.74) is 16.0. The monoisotopic (exact) mass is 473 g/mol. The molecule has 8 nitrogen and oxygen atoms in total. The van der Waals surface area contributed by atoms with Crippen LogP contribution in [0.15, 0.2) is 40.4 Å². The van der Waals surface area contributed by atoms with E-state index in [9.17, 15) is 4.79 Å². The van der Waals surface area contributed by atoms with Gasteiger partial charge >= 0.3 is 0 Å². The van der Waals surface area contributed by atoms with Crippen molar-refractivity contribution < 1.29 is 0 Å². The molecule has 0 spiro atoms. The van der Waals surface area contributed by atoms with Crippen LogP contribution >= 0.6 is 0 Å². The topological polar surface area (TPSA) is 93.5 Å². The number of aryl methyl sites for hydroxylation is 2. The Morgan fingerprint density at radius 1 is 1.14 bits per heavy atom. The van der Waals surface area contributed by atoms with E-state index in [-0.39, 0.29) is 11.6 Å². The van der Waals surface area contributed by atoms with E-state index in [4.69, 9.17) is 10.8 Å². The van der Waals surface area contributed by atoms with Gasteiger partial charge in [-0.1, -0.05) is 6.07 Å². The second-order valence-electron chi connectivity index (χ2n) is 10.2. The zero-order valence-corrected chi connectivity index (χ0v) is 21.2. The van der Waals surface area contributed by atoms with Crippen molar-refractivity contribution in [3.05, 3.63) is 51.9 Å². The molecule has 2 aromatic heterocycles. The van der Waals surface area contributed by atoms with E-state index in [0.29, 0.717) is 23.1 Å². The fourth-order valence-corrected chi connectivity index (χ4v) is 5.16. The fourth-order valence-electron chi connectivity index (χ4n) is 5.16. The summed E-state index contributed by atoms with van der Waals surface area (Å²) in [6, 6.07) is 8.83. The summed E-state index contributed by atoms with van der Waals surface area (Å²) >= 11 is 0. The molecular weight excluding hydrogens is 438 g/mol. The molecule has 2 aliphatic rings. The Labute approximate surface area is 206 Å². The highest BCUT2D eigenvalue weighted by Gasteiger charge is 2.43. The Hall–Kier alpha value is -3.55. The number of benzene rings is 1. The van der Waals surface area contributed by atoms with Crippen LogP contribution in [-0.4, -0.2) is 34.8 Å². The number of aromatic nitrogens is 3. The highest BCUT2D eigenvalue weighted by molar-refractivity contribution is 5.81. The molecule has 3 N–H and O–H groups in total. The molecule has 2 aliphatic carbocycles. The lowest BCUT2D eigenvalue weighted by Crippen LogP contribution is -2.29. The van der Waals surface area contributed by atoms with Crippen LogP contribution in [-0.2, 0) is 7.05 Å². The van der Waals surface area contributed by atoms with Gasteiger partial charge in [0.25, 0.3) is 5.56 Å². The van der Waals surface area contributed by atoms with E-state index in [1.165, 1.54) is 37.6 Å². The molecule has 3 aromatic rings.